The van der Waals surface area contributed by atoms with Crippen molar-refractivity contribution < 1.29 is 9.53 Å². The first-order chi connectivity index (χ1) is 5.26. The Labute approximate surface area is 73.7 Å². The highest BCUT2D eigenvalue weighted by Gasteiger charge is 2.15. The maximum absolute atomic E-state index is 11.1. The van der Waals surface area contributed by atoms with Gasteiger partial charge in [-0.1, -0.05) is 6.92 Å². The Balaban J connectivity index is 3.71. The Morgan fingerprint density at radius 2 is 2.18 bits per heavy atom. The van der Waals surface area contributed by atoms with E-state index in [1.54, 1.807) is 0 Å². The van der Waals surface area contributed by atoms with Crippen molar-refractivity contribution in [2.75, 3.05) is 12.4 Å². The van der Waals surface area contributed by atoms with Gasteiger partial charge in [-0.05, 0) is 25.5 Å². The van der Waals surface area contributed by atoms with E-state index in [0.29, 0.717) is 6.61 Å². The van der Waals surface area contributed by atoms with Crippen molar-refractivity contribution in [3.05, 3.63) is 0 Å². The maximum atomic E-state index is 11.1. The molecule has 0 aliphatic rings. The Morgan fingerprint density at radius 1 is 1.55 bits per heavy atom. The van der Waals surface area contributed by atoms with Crippen LogP contribution in [0.3, 0.4) is 0 Å². The lowest BCUT2D eigenvalue weighted by molar-refractivity contribution is -0.148. The molecular formula is C8H16O2S. The fourth-order valence-corrected chi connectivity index (χ4v) is 1.22. The van der Waals surface area contributed by atoms with Crippen molar-refractivity contribution >= 4 is 18.6 Å². The molecule has 2 nitrogen and oxygen atoms in total. The molecule has 0 aromatic rings. The first-order valence-electron chi connectivity index (χ1n) is 4.03. The van der Waals surface area contributed by atoms with E-state index in [0.717, 1.165) is 18.6 Å². The summed E-state index contributed by atoms with van der Waals surface area (Å²) in [7, 11) is 0. The molecule has 0 heterocycles. The van der Waals surface area contributed by atoms with E-state index >= 15 is 0 Å². The van der Waals surface area contributed by atoms with Crippen molar-refractivity contribution in [2.45, 2.75) is 26.7 Å². The van der Waals surface area contributed by atoms with E-state index in [-0.39, 0.29) is 11.9 Å². The molecule has 3 heteroatoms. The van der Waals surface area contributed by atoms with Crippen molar-refractivity contribution in [3.63, 3.8) is 0 Å². The van der Waals surface area contributed by atoms with Gasteiger partial charge in [0.25, 0.3) is 0 Å². The van der Waals surface area contributed by atoms with Gasteiger partial charge in [0, 0.05) is 0 Å². The summed E-state index contributed by atoms with van der Waals surface area (Å²) in [5.74, 6) is 0.716. The summed E-state index contributed by atoms with van der Waals surface area (Å²) >= 11 is 4.07. The number of ether oxygens (including phenoxy) is 1. The summed E-state index contributed by atoms with van der Waals surface area (Å²) in [5, 5.41) is 0. The molecule has 0 fully saturated rings. The van der Waals surface area contributed by atoms with Gasteiger partial charge in [-0.15, -0.1) is 0 Å². The first-order valence-corrected chi connectivity index (χ1v) is 4.66. The van der Waals surface area contributed by atoms with Gasteiger partial charge in [0.2, 0.25) is 0 Å². The second-order valence-corrected chi connectivity index (χ2v) is 2.82. The largest absolute Gasteiger partial charge is 0.466 e. The molecule has 11 heavy (non-hydrogen) atoms. The topological polar surface area (TPSA) is 26.3 Å². The lowest BCUT2D eigenvalue weighted by Crippen LogP contribution is -2.17. The average Bonchev–Trinajstić information content (AvgIpc) is 2.00. The predicted molar refractivity (Wildman–Crippen MR) is 48.9 cm³/mol. The minimum absolute atomic E-state index is 0.0486. The molecule has 66 valence electrons. The second kappa shape index (κ2) is 6.53. The number of carbonyl (C=O) groups is 1. The fourth-order valence-electron chi connectivity index (χ4n) is 0.905. The number of hydrogen-bond donors (Lipinski definition) is 1. The van der Waals surface area contributed by atoms with Crippen molar-refractivity contribution in [1.29, 1.82) is 0 Å². The van der Waals surface area contributed by atoms with Crippen LogP contribution >= 0.6 is 12.6 Å². The first kappa shape index (κ1) is 10.8. The van der Waals surface area contributed by atoms with Crippen LogP contribution in [0.1, 0.15) is 26.7 Å². The molecule has 0 spiro atoms. The lowest BCUT2D eigenvalue weighted by Gasteiger charge is -2.11. The van der Waals surface area contributed by atoms with Crippen molar-refractivity contribution in [3.8, 4) is 0 Å². The van der Waals surface area contributed by atoms with Gasteiger partial charge in [0.15, 0.2) is 0 Å². The summed E-state index contributed by atoms with van der Waals surface area (Å²) in [6.45, 7) is 4.29. The molecule has 0 radical (unpaired) electrons. The smallest absolute Gasteiger partial charge is 0.308 e. The average molecular weight is 176 g/mol. The van der Waals surface area contributed by atoms with Crippen LogP contribution in [-0.4, -0.2) is 18.3 Å². The van der Waals surface area contributed by atoms with Crippen LogP contribution in [-0.2, 0) is 9.53 Å². The molecule has 0 aliphatic carbocycles. The molecule has 0 aromatic heterocycles. The van der Waals surface area contributed by atoms with Crippen LogP contribution < -0.4 is 0 Å². The minimum atomic E-state index is -0.0796. The van der Waals surface area contributed by atoms with Gasteiger partial charge in [0.1, 0.15) is 0 Å². The van der Waals surface area contributed by atoms with Crippen molar-refractivity contribution in [2.24, 2.45) is 5.92 Å². The minimum Gasteiger partial charge on any atom is -0.466 e. The van der Waals surface area contributed by atoms with Gasteiger partial charge in [-0.3, -0.25) is 4.79 Å². The highest BCUT2D eigenvalue weighted by atomic mass is 32.1. The van der Waals surface area contributed by atoms with E-state index in [4.69, 9.17) is 4.74 Å². The van der Waals surface area contributed by atoms with Crippen LogP contribution in [0.2, 0.25) is 0 Å². The van der Waals surface area contributed by atoms with Gasteiger partial charge in [-0.2, -0.15) is 12.6 Å². The van der Waals surface area contributed by atoms with Crippen LogP contribution in [0.25, 0.3) is 0 Å². The van der Waals surface area contributed by atoms with E-state index < -0.39 is 0 Å². The highest BCUT2D eigenvalue weighted by molar-refractivity contribution is 7.80. The van der Waals surface area contributed by atoms with Crippen LogP contribution in [0.15, 0.2) is 0 Å². The van der Waals surface area contributed by atoms with E-state index in [1.807, 2.05) is 13.8 Å². The molecule has 0 rings (SSSR count). The molecular weight excluding hydrogens is 160 g/mol. The van der Waals surface area contributed by atoms with E-state index in [2.05, 4.69) is 12.6 Å². The third-order valence-corrected chi connectivity index (χ3v) is 1.85. The van der Waals surface area contributed by atoms with Crippen LogP contribution in [0.4, 0.5) is 0 Å². The lowest BCUT2D eigenvalue weighted by atomic mass is 10.0. The van der Waals surface area contributed by atoms with Crippen molar-refractivity contribution in [1.82, 2.24) is 0 Å². The third-order valence-electron chi connectivity index (χ3n) is 1.59. The quantitative estimate of drug-likeness (QED) is 0.511. The molecule has 1 unspecified atom stereocenters. The van der Waals surface area contributed by atoms with E-state index in [1.165, 1.54) is 0 Å². The fraction of sp³-hybridized carbons (Fsp3) is 0.875. The molecule has 0 saturated heterocycles. The monoisotopic (exact) mass is 176 g/mol. The Bertz CT molecular complexity index is 115. The van der Waals surface area contributed by atoms with E-state index in [9.17, 15) is 4.79 Å². The van der Waals surface area contributed by atoms with Crippen LogP contribution in [0, 0.1) is 5.92 Å². The molecule has 0 aliphatic heterocycles. The zero-order valence-corrected chi connectivity index (χ0v) is 8.06. The molecule has 1 atom stereocenters. The molecule has 0 N–H and O–H groups in total. The summed E-state index contributed by atoms with van der Waals surface area (Å²) in [6.07, 6.45) is 1.66. The van der Waals surface area contributed by atoms with Gasteiger partial charge in [-0.25, -0.2) is 0 Å². The Morgan fingerprint density at radius 3 is 2.55 bits per heavy atom. The molecule has 0 amide bonds. The molecule has 0 saturated carbocycles. The highest BCUT2D eigenvalue weighted by Crippen LogP contribution is 2.10. The number of hydrogen-bond acceptors (Lipinski definition) is 3. The molecule has 0 aromatic carbocycles. The maximum Gasteiger partial charge on any atom is 0.308 e. The Hall–Kier alpha value is -0.180. The molecule has 0 bridgehead atoms. The summed E-state index contributed by atoms with van der Waals surface area (Å²) in [6, 6.07) is 0. The zero-order valence-electron chi connectivity index (χ0n) is 7.17. The predicted octanol–water partition coefficient (Wildman–Crippen LogP) is 1.90. The SMILES string of the molecule is CCOC(=O)C(CC)CCS. The number of rotatable bonds is 5. The number of carbonyl (C=O) groups excluding carboxylic acids is 1. The number of thiol groups is 1. The van der Waals surface area contributed by atoms with Crippen LogP contribution in [0.5, 0.6) is 0 Å². The third kappa shape index (κ3) is 4.30. The number of esters is 1. The Kier molecular flexibility index (Phi) is 6.42. The van der Waals surface area contributed by atoms with Gasteiger partial charge in [0.05, 0.1) is 12.5 Å². The van der Waals surface area contributed by atoms with Gasteiger partial charge < -0.3 is 4.74 Å². The standard InChI is InChI=1S/C8H16O2S/c1-3-7(5-6-11)8(9)10-4-2/h7,11H,3-6H2,1-2H3. The summed E-state index contributed by atoms with van der Waals surface area (Å²) in [4.78, 5) is 11.1. The normalized spacial score (nSPS) is 12.6. The summed E-state index contributed by atoms with van der Waals surface area (Å²) < 4.78 is 4.87. The van der Waals surface area contributed by atoms with Gasteiger partial charge >= 0.3 is 5.97 Å². The zero-order chi connectivity index (χ0) is 8.69. The second-order valence-electron chi connectivity index (χ2n) is 2.37. The summed E-state index contributed by atoms with van der Waals surface area (Å²) in [5.41, 5.74) is 0.